The Morgan fingerprint density at radius 2 is 1.89 bits per heavy atom. The van der Waals surface area contributed by atoms with Gasteiger partial charge in [-0.2, -0.15) is 9.78 Å². The topological polar surface area (TPSA) is 131 Å². The number of fused-ring (bicyclic) bond motifs is 1. The summed E-state index contributed by atoms with van der Waals surface area (Å²) in [6, 6.07) is 17.5. The minimum absolute atomic E-state index is 0.152. The predicted molar refractivity (Wildman–Crippen MR) is 182 cm³/mol. The summed E-state index contributed by atoms with van der Waals surface area (Å²) in [5, 5.41) is 16.2. The van der Waals surface area contributed by atoms with Gasteiger partial charge in [-0.15, -0.1) is 6.58 Å². The molecule has 0 saturated carbocycles. The summed E-state index contributed by atoms with van der Waals surface area (Å²) in [6.07, 6.45) is 4.81. The number of methoxy groups -OCH3 is 1. The number of aromatic nitrogens is 3. The molecule has 0 spiro atoms. The van der Waals surface area contributed by atoms with Crippen molar-refractivity contribution in [3.63, 3.8) is 0 Å². The first-order valence-corrected chi connectivity index (χ1v) is 15.1. The fourth-order valence-corrected chi connectivity index (χ4v) is 5.18. The minimum atomic E-state index is -0.531. The number of aryl methyl sites for hydroxylation is 1. The van der Waals surface area contributed by atoms with Gasteiger partial charge in [-0.3, -0.25) is 14.9 Å². The number of hydrogen-bond donors (Lipinski definition) is 0. The molecule has 0 radical (unpaired) electrons. The summed E-state index contributed by atoms with van der Waals surface area (Å²) in [6.45, 7) is 12.5. The molecule has 0 fully saturated rings. The molecule has 2 heterocycles. The number of ether oxygens (including phenoxy) is 3. The maximum atomic E-state index is 13.9. The normalized spacial score (nSPS) is 11.3. The van der Waals surface area contributed by atoms with E-state index in [1.165, 1.54) is 23.9 Å². The van der Waals surface area contributed by atoms with Crippen LogP contribution in [0.5, 0.6) is 23.1 Å². The molecule has 0 aliphatic heterocycles. The highest BCUT2D eigenvalue weighted by Crippen LogP contribution is 2.37. The van der Waals surface area contributed by atoms with Gasteiger partial charge in [0.25, 0.3) is 11.2 Å². The van der Waals surface area contributed by atoms with Gasteiger partial charge in [-0.25, -0.2) is 9.97 Å². The lowest BCUT2D eigenvalue weighted by atomic mass is 9.96. The molecule has 11 heteroatoms. The van der Waals surface area contributed by atoms with E-state index in [2.05, 4.69) is 30.5 Å². The summed E-state index contributed by atoms with van der Waals surface area (Å²) in [5.74, 6) is 2.27. The first kappa shape index (κ1) is 32.6. The molecule has 5 aromatic rings. The number of nitro groups is 1. The second kappa shape index (κ2) is 14.1. The minimum Gasteiger partial charge on any atom is -0.494 e. The van der Waals surface area contributed by atoms with E-state index >= 15 is 0 Å². The number of benzene rings is 3. The van der Waals surface area contributed by atoms with Gasteiger partial charge >= 0.3 is 0 Å². The maximum absolute atomic E-state index is 13.9. The highest BCUT2D eigenvalue weighted by Gasteiger charge is 2.19. The van der Waals surface area contributed by atoms with Crippen LogP contribution in [0.1, 0.15) is 48.9 Å². The van der Waals surface area contributed by atoms with E-state index < -0.39 is 4.92 Å². The molecular weight excluding hydrogens is 598 g/mol. The van der Waals surface area contributed by atoms with Crippen molar-refractivity contribution >= 4 is 22.8 Å². The van der Waals surface area contributed by atoms with Crippen molar-refractivity contribution in [1.82, 2.24) is 14.6 Å². The van der Waals surface area contributed by atoms with Crippen LogP contribution in [0.15, 0.2) is 89.4 Å². The van der Waals surface area contributed by atoms with Crippen molar-refractivity contribution in [2.24, 2.45) is 5.10 Å². The Hall–Kier alpha value is -5.84. The average molecular weight is 634 g/mol. The predicted octanol–water partition coefficient (Wildman–Crippen LogP) is 7.61. The maximum Gasteiger partial charge on any atom is 0.287 e. The first-order chi connectivity index (χ1) is 22.6. The number of hydrogen-bond acceptors (Lipinski definition) is 9. The molecule has 0 amide bonds. The molecule has 0 aliphatic rings. The number of nitrogens with zero attached hydrogens (tertiary/aromatic N) is 5. The van der Waals surface area contributed by atoms with Gasteiger partial charge in [0.15, 0.2) is 17.3 Å². The standard InChI is InChI=1S/C36H35N5O6/c1-7-11-25-17-24(18-32(45-6)34(25)47-33-15-14-26(21-37-33)41(43)44)20-38-40-35(39-30-13-10-9-12-27(30)36(40)42)29-19-28(22(3)4)31(46-8-2)16-23(29)5/h7,9-10,12-22H,1,8,11H2,2-6H3. The summed E-state index contributed by atoms with van der Waals surface area (Å²) in [7, 11) is 1.50. The van der Waals surface area contributed by atoms with E-state index in [4.69, 9.17) is 19.2 Å². The zero-order valence-electron chi connectivity index (χ0n) is 26.9. The van der Waals surface area contributed by atoms with Gasteiger partial charge in [-0.05, 0) is 79.3 Å². The Morgan fingerprint density at radius 3 is 2.55 bits per heavy atom. The molecule has 3 aromatic carbocycles. The van der Waals surface area contributed by atoms with Crippen LogP contribution < -0.4 is 19.8 Å². The average Bonchev–Trinajstić information content (AvgIpc) is 3.05. The van der Waals surface area contributed by atoms with Crippen LogP contribution in [0.2, 0.25) is 0 Å². The Morgan fingerprint density at radius 1 is 1.11 bits per heavy atom. The van der Waals surface area contributed by atoms with Crippen molar-refractivity contribution in [2.75, 3.05) is 13.7 Å². The van der Waals surface area contributed by atoms with Crippen LogP contribution in [-0.4, -0.2) is 39.5 Å². The quantitative estimate of drug-likeness (QED) is 0.0594. The van der Waals surface area contributed by atoms with E-state index in [0.717, 1.165) is 28.6 Å². The molecule has 240 valence electrons. The fourth-order valence-electron chi connectivity index (χ4n) is 5.18. The van der Waals surface area contributed by atoms with Crippen LogP contribution in [0.3, 0.4) is 0 Å². The van der Waals surface area contributed by atoms with Crippen molar-refractivity contribution in [3.8, 4) is 34.5 Å². The molecule has 5 rings (SSSR count). The van der Waals surface area contributed by atoms with E-state index in [9.17, 15) is 14.9 Å². The highest BCUT2D eigenvalue weighted by atomic mass is 16.6. The van der Waals surface area contributed by atoms with E-state index in [1.807, 2.05) is 44.2 Å². The molecule has 0 aliphatic carbocycles. The summed E-state index contributed by atoms with van der Waals surface area (Å²) in [4.78, 5) is 33.4. The van der Waals surface area contributed by atoms with Crippen LogP contribution in [-0.2, 0) is 6.42 Å². The number of rotatable bonds is 12. The highest BCUT2D eigenvalue weighted by molar-refractivity contribution is 5.83. The molecule has 0 unspecified atom stereocenters. The smallest absolute Gasteiger partial charge is 0.287 e. The van der Waals surface area contributed by atoms with Gasteiger partial charge in [-0.1, -0.05) is 32.1 Å². The lowest BCUT2D eigenvalue weighted by Crippen LogP contribution is -2.21. The zero-order chi connectivity index (χ0) is 33.7. The Bertz CT molecular complexity index is 2050. The number of para-hydroxylation sites is 1. The summed E-state index contributed by atoms with van der Waals surface area (Å²) >= 11 is 0. The molecule has 0 atom stereocenters. The lowest BCUT2D eigenvalue weighted by molar-refractivity contribution is -0.385. The van der Waals surface area contributed by atoms with Crippen LogP contribution in [0, 0.1) is 17.0 Å². The largest absolute Gasteiger partial charge is 0.494 e. The van der Waals surface area contributed by atoms with Gasteiger partial charge in [0.2, 0.25) is 5.88 Å². The van der Waals surface area contributed by atoms with Gasteiger partial charge in [0, 0.05) is 23.3 Å². The van der Waals surface area contributed by atoms with E-state index in [-0.39, 0.29) is 23.0 Å². The van der Waals surface area contributed by atoms with E-state index in [1.54, 1.807) is 30.5 Å². The van der Waals surface area contributed by atoms with Crippen molar-refractivity contribution < 1.29 is 19.1 Å². The Labute approximate surface area is 271 Å². The van der Waals surface area contributed by atoms with Gasteiger partial charge in [0.05, 0.1) is 35.8 Å². The second-order valence-corrected chi connectivity index (χ2v) is 11.0. The van der Waals surface area contributed by atoms with Gasteiger partial charge in [0.1, 0.15) is 11.9 Å². The van der Waals surface area contributed by atoms with E-state index in [0.29, 0.717) is 52.4 Å². The molecular formula is C36H35N5O6. The van der Waals surface area contributed by atoms with Crippen molar-refractivity contribution in [3.05, 3.63) is 122 Å². The fraction of sp³-hybridized carbons (Fsp3) is 0.222. The monoisotopic (exact) mass is 633 g/mol. The van der Waals surface area contributed by atoms with Crippen molar-refractivity contribution in [2.45, 2.75) is 40.0 Å². The molecule has 0 N–H and O–H groups in total. The molecule has 11 nitrogen and oxygen atoms in total. The Kier molecular flexibility index (Phi) is 9.74. The third kappa shape index (κ3) is 6.89. The second-order valence-electron chi connectivity index (χ2n) is 11.0. The molecule has 47 heavy (non-hydrogen) atoms. The molecule has 0 bridgehead atoms. The first-order valence-electron chi connectivity index (χ1n) is 15.1. The van der Waals surface area contributed by atoms with Crippen LogP contribution in [0.4, 0.5) is 5.69 Å². The zero-order valence-corrected chi connectivity index (χ0v) is 26.9. The lowest BCUT2D eigenvalue weighted by Gasteiger charge is -2.18. The van der Waals surface area contributed by atoms with Crippen molar-refractivity contribution in [1.29, 1.82) is 0 Å². The number of allylic oxidation sites excluding steroid dienone is 1. The SMILES string of the molecule is C=CCc1cc(C=Nn2c(-c3cc(C(C)C)c(OCC)cc3C)nc3ccccc3c2=O)cc(OC)c1Oc1ccc([N+](=O)[O-])cn1. The number of pyridine rings is 1. The third-order valence-electron chi connectivity index (χ3n) is 7.47. The summed E-state index contributed by atoms with van der Waals surface area (Å²) in [5.41, 5.74) is 4.08. The molecule has 2 aromatic heterocycles. The van der Waals surface area contributed by atoms with Crippen LogP contribution >= 0.6 is 0 Å². The Balaban J connectivity index is 1.64. The van der Waals surface area contributed by atoms with Gasteiger partial charge < -0.3 is 14.2 Å². The van der Waals surface area contributed by atoms with Crippen LogP contribution in [0.25, 0.3) is 22.3 Å². The third-order valence-corrected chi connectivity index (χ3v) is 7.47. The summed E-state index contributed by atoms with van der Waals surface area (Å²) < 4.78 is 18.9. The molecule has 0 saturated heterocycles.